The summed E-state index contributed by atoms with van der Waals surface area (Å²) in [6.45, 7) is 0.962. The first-order chi connectivity index (χ1) is 15.0. The van der Waals surface area contributed by atoms with Gasteiger partial charge in [0.2, 0.25) is 0 Å². The van der Waals surface area contributed by atoms with Crippen molar-refractivity contribution in [3.05, 3.63) is 59.2 Å². The first kappa shape index (κ1) is 21.2. The van der Waals surface area contributed by atoms with Gasteiger partial charge in [-0.15, -0.1) is 0 Å². The number of hydrogen-bond acceptors (Lipinski definition) is 5. The van der Waals surface area contributed by atoms with Crippen molar-refractivity contribution in [1.29, 1.82) is 0 Å². The molecule has 2 aromatic carbocycles. The lowest BCUT2D eigenvalue weighted by atomic mass is 9.78. The number of rotatable bonds is 7. The second-order valence-corrected chi connectivity index (χ2v) is 8.35. The summed E-state index contributed by atoms with van der Waals surface area (Å²) in [6.07, 6.45) is 2.75. The molecule has 7 nitrogen and oxygen atoms in total. The Kier molecular flexibility index (Phi) is 5.87. The average molecular weight is 424 g/mol. The Labute approximate surface area is 182 Å². The Bertz CT molecular complexity index is 993. The summed E-state index contributed by atoms with van der Waals surface area (Å²) in [6, 6.07) is 13.7. The van der Waals surface area contributed by atoms with Gasteiger partial charge < -0.3 is 14.8 Å². The number of aryl methyl sites for hydroxylation is 1. The van der Waals surface area contributed by atoms with Crippen molar-refractivity contribution in [2.45, 2.75) is 31.2 Å². The molecule has 1 aliphatic heterocycles. The third kappa shape index (κ3) is 4.10. The minimum absolute atomic E-state index is 0.120. The molecule has 1 aliphatic carbocycles. The van der Waals surface area contributed by atoms with E-state index in [0.717, 1.165) is 24.0 Å². The standard InChI is InChI=1S/C24H29N3O4/c1-26(13-11-17-8-9-20(30-2)21(14-17)31-3)16-27-22(28)24(25-23(27)29)12-10-18-6-4-5-7-19(18)15-24/h4-9,14H,10-13,15-16H2,1-3H3,(H,25,29). The van der Waals surface area contributed by atoms with Crippen molar-refractivity contribution in [1.82, 2.24) is 15.1 Å². The molecule has 1 unspecified atom stereocenters. The maximum absolute atomic E-state index is 13.3. The van der Waals surface area contributed by atoms with E-state index in [2.05, 4.69) is 11.4 Å². The molecule has 0 aromatic heterocycles. The molecule has 1 fully saturated rings. The van der Waals surface area contributed by atoms with Crippen LogP contribution >= 0.6 is 0 Å². The number of imide groups is 1. The van der Waals surface area contributed by atoms with E-state index in [-0.39, 0.29) is 18.6 Å². The highest BCUT2D eigenvalue weighted by Gasteiger charge is 2.52. The summed E-state index contributed by atoms with van der Waals surface area (Å²) in [5, 5.41) is 3.00. The number of methoxy groups -OCH3 is 2. The highest BCUT2D eigenvalue weighted by atomic mass is 16.5. The second-order valence-electron chi connectivity index (χ2n) is 8.35. The predicted octanol–water partition coefficient (Wildman–Crippen LogP) is 2.62. The van der Waals surface area contributed by atoms with E-state index in [1.807, 2.05) is 48.3 Å². The van der Waals surface area contributed by atoms with Gasteiger partial charge in [0.1, 0.15) is 5.54 Å². The van der Waals surface area contributed by atoms with E-state index in [9.17, 15) is 9.59 Å². The molecule has 31 heavy (non-hydrogen) atoms. The second kappa shape index (κ2) is 8.59. The Morgan fingerprint density at radius 2 is 1.81 bits per heavy atom. The number of fused-ring (bicyclic) bond motifs is 1. The third-order valence-electron chi connectivity index (χ3n) is 6.29. The minimum atomic E-state index is -0.810. The van der Waals surface area contributed by atoms with Crippen molar-refractivity contribution in [3.8, 4) is 11.5 Å². The molecular formula is C24H29N3O4. The number of carbonyl (C=O) groups excluding carboxylic acids is 2. The van der Waals surface area contributed by atoms with E-state index < -0.39 is 5.54 Å². The van der Waals surface area contributed by atoms with Gasteiger partial charge in [0.15, 0.2) is 11.5 Å². The smallest absolute Gasteiger partial charge is 0.326 e. The molecular weight excluding hydrogens is 394 g/mol. The molecule has 1 N–H and O–H groups in total. The van der Waals surface area contributed by atoms with Crippen LogP contribution in [0.3, 0.4) is 0 Å². The van der Waals surface area contributed by atoms with Crippen LogP contribution in [0.4, 0.5) is 4.79 Å². The molecule has 2 aromatic rings. The molecule has 1 spiro atoms. The van der Waals surface area contributed by atoms with Crippen LogP contribution < -0.4 is 14.8 Å². The molecule has 164 valence electrons. The molecule has 0 bridgehead atoms. The Hall–Kier alpha value is -3.06. The first-order valence-corrected chi connectivity index (χ1v) is 10.6. The normalized spacial score (nSPS) is 20.2. The van der Waals surface area contributed by atoms with Gasteiger partial charge in [-0.1, -0.05) is 30.3 Å². The number of hydrogen-bond donors (Lipinski definition) is 1. The van der Waals surface area contributed by atoms with Gasteiger partial charge in [0, 0.05) is 13.0 Å². The van der Waals surface area contributed by atoms with Crippen LogP contribution in [-0.4, -0.2) is 61.8 Å². The number of carbonyl (C=O) groups is 2. The predicted molar refractivity (Wildman–Crippen MR) is 117 cm³/mol. The minimum Gasteiger partial charge on any atom is -0.493 e. The molecule has 1 saturated heterocycles. The zero-order valence-corrected chi connectivity index (χ0v) is 18.3. The van der Waals surface area contributed by atoms with Crippen LogP contribution in [0.1, 0.15) is 23.1 Å². The third-order valence-corrected chi connectivity index (χ3v) is 6.29. The van der Waals surface area contributed by atoms with Crippen LogP contribution in [0.2, 0.25) is 0 Å². The van der Waals surface area contributed by atoms with Crippen LogP contribution in [0.15, 0.2) is 42.5 Å². The number of benzene rings is 2. The molecule has 1 atom stereocenters. The van der Waals surface area contributed by atoms with E-state index in [1.54, 1.807) is 14.2 Å². The van der Waals surface area contributed by atoms with Gasteiger partial charge in [-0.05, 0) is 55.1 Å². The van der Waals surface area contributed by atoms with Gasteiger partial charge in [-0.2, -0.15) is 0 Å². The van der Waals surface area contributed by atoms with Crippen LogP contribution in [-0.2, 0) is 24.1 Å². The number of amides is 3. The zero-order valence-electron chi connectivity index (χ0n) is 18.3. The molecule has 3 amide bonds. The van der Waals surface area contributed by atoms with Gasteiger partial charge in [0.05, 0.1) is 20.9 Å². The Morgan fingerprint density at radius 1 is 1.06 bits per heavy atom. The highest BCUT2D eigenvalue weighted by molar-refractivity contribution is 6.07. The average Bonchev–Trinajstić information content (AvgIpc) is 3.01. The summed E-state index contributed by atoms with van der Waals surface area (Å²) >= 11 is 0. The van der Waals surface area contributed by atoms with Crippen molar-refractivity contribution >= 4 is 11.9 Å². The van der Waals surface area contributed by atoms with Gasteiger partial charge in [-0.25, -0.2) is 9.69 Å². The fourth-order valence-corrected chi connectivity index (χ4v) is 4.50. The summed E-state index contributed by atoms with van der Waals surface area (Å²) in [4.78, 5) is 29.3. The Balaban J connectivity index is 1.38. The number of nitrogens with zero attached hydrogens (tertiary/aromatic N) is 2. The topological polar surface area (TPSA) is 71.1 Å². The molecule has 7 heteroatoms. The molecule has 0 saturated carbocycles. The quantitative estimate of drug-likeness (QED) is 0.694. The lowest BCUT2D eigenvalue weighted by molar-refractivity contribution is -0.133. The van der Waals surface area contributed by atoms with Crippen molar-refractivity contribution in [2.24, 2.45) is 0 Å². The molecule has 0 radical (unpaired) electrons. The SMILES string of the molecule is COc1ccc(CCN(C)CN2C(=O)NC3(CCc4ccccc4C3)C2=O)cc1OC. The fourth-order valence-electron chi connectivity index (χ4n) is 4.50. The van der Waals surface area contributed by atoms with Gasteiger partial charge in [-0.3, -0.25) is 9.69 Å². The number of likely N-dealkylation sites (N-methyl/N-ethyl adjacent to an activating group) is 1. The molecule has 2 aliphatic rings. The number of urea groups is 1. The summed E-state index contributed by atoms with van der Waals surface area (Å²) in [5.74, 6) is 1.26. The van der Waals surface area contributed by atoms with Crippen LogP contribution in [0, 0.1) is 0 Å². The maximum Gasteiger partial charge on any atom is 0.326 e. The van der Waals surface area contributed by atoms with Gasteiger partial charge >= 0.3 is 6.03 Å². The number of nitrogens with one attached hydrogen (secondary N) is 1. The van der Waals surface area contributed by atoms with E-state index >= 15 is 0 Å². The van der Waals surface area contributed by atoms with Crippen molar-refractivity contribution in [2.75, 3.05) is 34.5 Å². The highest BCUT2D eigenvalue weighted by Crippen LogP contribution is 2.33. The van der Waals surface area contributed by atoms with E-state index in [0.29, 0.717) is 30.9 Å². The van der Waals surface area contributed by atoms with E-state index in [4.69, 9.17) is 9.47 Å². The van der Waals surface area contributed by atoms with Crippen molar-refractivity contribution < 1.29 is 19.1 Å². The zero-order chi connectivity index (χ0) is 22.0. The lowest BCUT2D eigenvalue weighted by Crippen LogP contribution is -2.51. The monoisotopic (exact) mass is 423 g/mol. The number of ether oxygens (including phenoxy) is 2. The summed E-state index contributed by atoms with van der Waals surface area (Å²) in [5.41, 5.74) is 2.70. The first-order valence-electron chi connectivity index (χ1n) is 10.6. The molecule has 1 heterocycles. The van der Waals surface area contributed by atoms with E-state index in [1.165, 1.54) is 10.5 Å². The summed E-state index contributed by atoms with van der Waals surface area (Å²) < 4.78 is 10.6. The van der Waals surface area contributed by atoms with Crippen molar-refractivity contribution in [3.63, 3.8) is 0 Å². The van der Waals surface area contributed by atoms with Crippen LogP contribution in [0.25, 0.3) is 0 Å². The fraction of sp³-hybridized carbons (Fsp3) is 0.417. The van der Waals surface area contributed by atoms with Gasteiger partial charge in [0.25, 0.3) is 5.91 Å². The lowest BCUT2D eigenvalue weighted by Gasteiger charge is -2.32. The maximum atomic E-state index is 13.3. The Morgan fingerprint density at radius 3 is 2.55 bits per heavy atom. The summed E-state index contributed by atoms with van der Waals surface area (Å²) in [7, 11) is 5.15. The largest absolute Gasteiger partial charge is 0.493 e. The van der Waals surface area contributed by atoms with Crippen LogP contribution in [0.5, 0.6) is 11.5 Å². The molecule has 4 rings (SSSR count).